The minimum atomic E-state index is 0.959. The molecule has 0 spiro atoms. The lowest BCUT2D eigenvalue weighted by molar-refractivity contribution is 0.555. The summed E-state index contributed by atoms with van der Waals surface area (Å²) in [6.07, 6.45) is 2.03. The van der Waals surface area contributed by atoms with Gasteiger partial charge in [0, 0.05) is 14.1 Å². The summed E-state index contributed by atoms with van der Waals surface area (Å²) < 4.78 is 0. The Kier molecular flexibility index (Phi) is 3.23. The number of hydrogen-bond acceptors (Lipinski definition) is 2. The summed E-state index contributed by atoms with van der Waals surface area (Å²) in [5, 5.41) is 0.959. The first kappa shape index (κ1) is 9.20. The maximum absolute atomic E-state index is 4.32. The number of nitrogens with zero attached hydrogens (tertiary/aromatic N) is 1. The molecule has 0 aliphatic rings. The molecule has 0 amide bonds. The first-order valence-electron chi connectivity index (χ1n) is 3.83. The molecule has 0 aromatic heterocycles. The van der Waals surface area contributed by atoms with Crippen LogP contribution in [-0.4, -0.2) is 19.0 Å². The standard InChI is InChI=1S/C10H13NS/c1-11(2)10(12)8-9-6-4-3-5-7-9/h3-8,12H,1-2H3/b10-8+. The van der Waals surface area contributed by atoms with Gasteiger partial charge in [-0.3, -0.25) is 0 Å². The zero-order valence-corrected chi connectivity index (χ0v) is 8.25. The van der Waals surface area contributed by atoms with Crippen molar-refractivity contribution in [3.8, 4) is 0 Å². The van der Waals surface area contributed by atoms with Crippen LogP contribution in [0.3, 0.4) is 0 Å². The van der Waals surface area contributed by atoms with E-state index in [1.807, 2.05) is 43.3 Å². The fraction of sp³-hybridized carbons (Fsp3) is 0.200. The second-order valence-electron chi connectivity index (χ2n) is 2.81. The molecule has 1 aromatic carbocycles. The van der Waals surface area contributed by atoms with E-state index in [-0.39, 0.29) is 0 Å². The maximum Gasteiger partial charge on any atom is 0.0677 e. The third kappa shape index (κ3) is 2.62. The predicted octanol–water partition coefficient (Wildman–Crippen LogP) is 2.48. The fourth-order valence-corrected chi connectivity index (χ4v) is 0.977. The Morgan fingerprint density at radius 1 is 1.25 bits per heavy atom. The van der Waals surface area contributed by atoms with Crippen LogP contribution < -0.4 is 0 Å². The fourth-order valence-electron chi connectivity index (χ4n) is 0.827. The van der Waals surface area contributed by atoms with E-state index in [0.717, 1.165) is 5.03 Å². The van der Waals surface area contributed by atoms with E-state index < -0.39 is 0 Å². The first-order valence-corrected chi connectivity index (χ1v) is 4.28. The van der Waals surface area contributed by atoms with Gasteiger partial charge in [0.2, 0.25) is 0 Å². The Bertz CT molecular complexity index is 264. The molecule has 0 saturated heterocycles. The average molecular weight is 179 g/mol. The predicted molar refractivity (Wildman–Crippen MR) is 57.1 cm³/mol. The zero-order chi connectivity index (χ0) is 8.97. The van der Waals surface area contributed by atoms with E-state index in [1.54, 1.807) is 0 Å². The van der Waals surface area contributed by atoms with Gasteiger partial charge >= 0.3 is 0 Å². The number of thiol groups is 1. The van der Waals surface area contributed by atoms with Crippen molar-refractivity contribution in [1.29, 1.82) is 0 Å². The summed E-state index contributed by atoms with van der Waals surface area (Å²) in [6, 6.07) is 10.1. The normalized spacial score (nSPS) is 11.4. The monoisotopic (exact) mass is 179 g/mol. The summed E-state index contributed by atoms with van der Waals surface area (Å²) >= 11 is 4.32. The Morgan fingerprint density at radius 2 is 1.83 bits per heavy atom. The molecule has 0 N–H and O–H groups in total. The van der Waals surface area contributed by atoms with Gasteiger partial charge in [-0.15, -0.1) is 12.6 Å². The first-order chi connectivity index (χ1) is 5.70. The van der Waals surface area contributed by atoms with Crippen LogP contribution in [0, 0.1) is 0 Å². The average Bonchev–Trinajstić information content (AvgIpc) is 2.06. The van der Waals surface area contributed by atoms with Gasteiger partial charge in [0.15, 0.2) is 0 Å². The number of benzene rings is 1. The van der Waals surface area contributed by atoms with Crippen LogP contribution in [0.2, 0.25) is 0 Å². The van der Waals surface area contributed by atoms with Gasteiger partial charge in [0.25, 0.3) is 0 Å². The molecule has 0 fully saturated rings. The number of rotatable bonds is 2. The quantitative estimate of drug-likeness (QED) is 0.683. The van der Waals surface area contributed by atoms with Crippen LogP contribution in [0.1, 0.15) is 5.56 Å². The molecule has 1 nitrogen and oxygen atoms in total. The van der Waals surface area contributed by atoms with Crippen molar-refractivity contribution in [3.63, 3.8) is 0 Å². The third-order valence-electron chi connectivity index (χ3n) is 1.55. The highest BCUT2D eigenvalue weighted by Crippen LogP contribution is 2.10. The van der Waals surface area contributed by atoms with Crippen LogP contribution in [0.5, 0.6) is 0 Å². The molecule has 0 aliphatic carbocycles. The lowest BCUT2D eigenvalue weighted by Gasteiger charge is -2.10. The van der Waals surface area contributed by atoms with Crippen molar-refractivity contribution >= 4 is 18.7 Å². The van der Waals surface area contributed by atoms with Gasteiger partial charge in [0.1, 0.15) is 0 Å². The largest absolute Gasteiger partial charge is 0.373 e. The smallest absolute Gasteiger partial charge is 0.0677 e. The van der Waals surface area contributed by atoms with E-state index in [2.05, 4.69) is 24.8 Å². The molecule has 1 aromatic rings. The SMILES string of the molecule is CN(C)/C(S)=C\c1ccccc1. The van der Waals surface area contributed by atoms with E-state index in [4.69, 9.17) is 0 Å². The van der Waals surface area contributed by atoms with E-state index in [9.17, 15) is 0 Å². The topological polar surface area (TPSA) is 3.24 Å². The van der Waals surface area contributed by atoms with Crippen LogP contribution in [0.15, 0.2) is 35.4 Å². The van der Waals surface area contributed by atoms with Crippen LogP contribution in [0.4, 0.5) is 0 Å². The molecule has 64 valence electrons. The highest BCUT2D eigenvalue weighted by Gasteiger charge is 1.91. The Hall–Kier alpha value is -0.890. The molecule has 0 radical (unpaired) electrons. The van der Waals surface area contributed by atoms with Crippen LogP contribution in [0.25, 0.3) is 6.08 Å². The summed E-state index contributed by atoms with van der Waals surface area (Å²) in [4.78, 5) is 1.97. The van der Waals surface area contributed by atoms with Crippen molar-refractivity contribution in [2.45, 2.75) is 0 Å². The second-order valence-corrected chi connectivity index (χ2v) is 3.27. The van der Waals surface area contributed by atoms with Crippen molar-refractivity contribution in [3.05, 3.63) is 40.9 Å². The molecular formula is C10H13NS. The maximum atomic E-state index is 4.32. The Labute approximate surface area is 79.1 Å². The van der Waals surface area contributed by atoms with E-state index in [0.29, 0.717) is 0 Å². The van der Waals surface area contributed by atoms with Crippen molar-refractivity contribution in [2.75, 3.05) is 14.1 Å². The highest BCUT2D eigenvalue weighted by molar-refractivity contribution is 7.84. The second kappa shape index (κ2) is 4.21. The highest BCUT2D eigenvalue weighted by atomic mass is 32.1. The van der Waals surface area contributed by atoms with Gasteiger partial charge < -0.3 is 4.90 Å². The summed E-state index contributed by atoms with van der Waals surface area (Å²) in [5.41, 5.74) is 1.18. The Balaban J connectivity index is 2.81. The molecule has 12 heavy (non-hydrogen) atoms. The summed E-state index contributed by atoms with van der Waals surface area (Å²) in [5.74, 6) is 0. The van der Waals surface area contributed by atoms with Gasteiger partial charge in [0.05, 0.1) is 5.03 Å². The molecule has 0 unspecified atom stereocenters. The molecule has 0 aliphatic heterocycles. The summed E-state index contributed by atoms with van der Waals surface area (Å²) in [6.45, 7) is 0. The van der Waals surface area contributed by atoms with Crippen molar-refractivity contribution in [2.24, 2.45) is 0 Å². The van der Waals surface area contributed by atoms with Gasteiger partial charge in [-0.05, 0) is 11.6 Å². The molecule has 0 atom stereocenters. The van der Waals surface area contributed by atoms with E-state index in [1.165, 1.54) is 5.56 Å². The van der Waals surface area contributed by atoms with Gasteiger partial charge in [-0.2, -0.15) is 0 Å². The lowest BCUT2D eigenvalue weighted by Crippen LogP contribution is -2.05. The van der Waals surface area contributed by atoms with Gasteiger partial charge in [-0.1, -0.05) is 30.3 Å². The molecule has 2 heteroatoms. The van der Waals surface area contributed by atoms with Crippen LogP contribution in [-0.2, 0) is 0 Å². The van der Waals surface area contributed by atoms with Crippen molar-refractivity contribution in [1.82, 2.24) is 4.90 Å². The third-order valence-corrected chi connectivity index (χ3v) is 2.08. The molecule has 0 saturated carbocycles. The minimum Gasteiger partial charge on any atom is -0.373 e. The van der Waals surface area contributed by atoms with Crippen LogP contribution >= 0.6 is 12.6 Å². The zero-order valence-electron chi connectivity index (χ0n) is 7.36. The molecule has 0 bridgehead atoms. The Morgan fingerprint density at radius 3 is 2.33 bits per heavy atom. The minimum absolute atomic E-state index is 0.959. The summed E-state index contributed by atoms with van der Waals surface area (Å²) in [7, 11) is 3.95. The van der Waals surface area contributed by atoms with Gasteiger partial charge in [-0.25, -0.2) is 0 Å². The number of hydrogen-bond donors (Lipinski definition) is 1. The molecule has 0 heterocycles. The molecule has 1 rings (SSSR count). The van der Waals surface area contributed by atoms with Crippen molar-refractivity contribution < 1.29 is 0 Å². The van der Waals surface area contributed by atoms with E-state index >= 15 is 0 Å². The molecular weight excluding hydrogens is 166 g/mol. The lowest BCUT2D eigenvalue weighted by atomic mass is 10.2.